The van der Waals surface area contributed by atoms with Crippen LogP contribution in [0.25, 0.3) is 0 Å². The number of aliphatic carboxylic acids is 1. The molecule has 4 amide bonds. The third-order valence-electron chi connectivity index (χ3n) is 3.71. The number of urea groups is 1. The number of hydrogen-bond acceptors (Lipinski definition) is 5. The molecule has 2 atom stereocenters. The van der Waals surface area contributed by atoms with E-state index < -0.39 is 17.8 Å². The minimum absolute atomic E-state index is 0.0990. The van der Waals surface area contributed by atoms with Crippen LogP contribution in [-0.4, -0.2) is 51.3 Å². The van der Waals surface area contributed by atoms with Crippen LogP contribution in [0, 0.1) is 0 Å². The lowest BCUT2D eigenvalue weighted by Gasteiger charge is -2.13. The molecule has 9 heteroatoms. The van der Waals surface area contributed by atoms with Crippen LogP contribution < -0.4 is 10.6 Å². The summed E-state index contributed by atoms with van der Waals surface area (Å²) >= 11 is 0. The zero-order valence-corrected chi connectivity index (χ0v) is 13.1. The van der Waals surface area contributed by atoms with E-state index in [1.807, 2.05) is 6.92 Å². The molecule has 2 heterocycles. The molecule has 9 nitrogen and oxygen atoms in total. The van der Waals surface area contributed by atoms with Crippen LogP contribution in [0.1, 0.15) is 51.9 Å². The van der Waals surface area contributed by atoms with E-state index in [0.717, 1.165) is 25.7 Å². The Morgan fingerprint density at radius 2 is 1.74 bits per heavy atom. The van der Waals surface area contributed by atoms with Crippen molar-refractivity contribution in [3.05, 3.63) is 0 Å². The molecule has 2 saturated heterocycles. The van der Waals surface area contributed by atoms with Crippen molar-refractivity contribution in [2.75, 3.05) is 0 Å². The van der Waals surface area contributed by atoms with Crippen molar-refractivity contribution in [2.45, 2.75) is 64.0 Å². The number of carbonyl (C=O) groups excluding carboxylic acids is 3. The molecule has 0 bridgehead atoms. The maximum atomic E-state index is 10.9. The number of rotatable bonds is 6. The lowest BCUT2D eigenvalue weighted by Crippen LogP contribution is -2.30. The van der Waals surface area contributed by atoms with Gasteiger partial charge in [-0.15, -0.1) is 0 Å². The second-order valence-electron chi connectivity index (χ2n) is 5.61. The average molecular weight is 329 g/mol. The second kappa shape index (κ2) is 9.09. The summed E-state index contributed by atoms with van der Waals surface area (Å²) in [5.74, 6) is -1.75. The molecule has 0 aromatic rings. The molecule has 0 radical (unpaired) electrons. The number of nitrogens with zero attached hydrogens (tertiary/aromatic N) is 1. The maximum Gasteiger partial charge on any atom is 0.315 e. The van der Waals surface area contributed by atoms with Gasteiger partial charge in [0, 0.05) is 25.3 Å². The van der Waals surface area contributed by atoms with E-state index in [-0.39, 0.29) is 42.4 Å². The highest BCUT2D eigenvalue weighted by Crippen LogP contribution is 2.11. The van der Waals surface area contributed by atoms with Crippen molar-refractivity contribution in [1.29, 1.82) is 0 Å². The maximum absolute atomic E-state index is 10.9. The Morgan fingerprint density at radius 3 is 2.13 bits per heavy atom. The van der Waals surface area contributed by atoms with Gasteiger partial charge in [0.25, 0.3) is 11.8 Å². The quantitative estimate of drug-likeness (QED) is 0.320. The summed E-state index contributed by atoms with van der Waals surface area (Å²) in [6.07, 6.45) is 4.04. The van der Waals surface area contributed by atoms with Crippen molar-refractivity contribution in [1.82, 2.24) is 15.7 Å². The van der Waals surface area contributed by atoms with Crippen molar-refractivity contribution < 1.29 is 29.5 Å². The minimum atomic E-state index is -0.737. The largest absolute Gasteiger partial charge is 0.481 e. The third-order valence-corrected chi connectivity index (χ3v) is 3.71. The van der Waals surface area contributed by atoms with Crippen molar-refractivity contribution in [3.8, 4) is 0 Å². The highest BCUT2D eigenvalue weighted by Gasteiger charge is 2.27. The molecule has 2 fully saturated rings. The molecule has 130 valence electrons. The summed E-state index contributed by atoms with van der Waals surface area (Å²) in [5, 5.41) is 22.6. The number of hydrogen-bond donors (Lipinski definition) is 4. The number of carboxylic acid groups (broad SMARTS) is 1. The Labute approximate surface area is 134 Å². The number of imide groups is 1. The van der Waals surface area contributed by atoms with Gasteiger partial charge in [-0.3, -0.25) is 19.6 Å². The van der Waals surface area contributed by atoms with Gasteiger partial charge in [-0.25, -0.2) is 4.79 Å². The predicted molar refractivity (Wildman–Crippen MR) is 78.5 cm³/mol. The van der Waals surface area contributed by atoms with Gasteiger partial charge >= 0.3 is 12.0 Å². The Balaban J connectivity index is 0.000000277. The summed E-state index contributed by atoms with van der Waals surface area (Å²) in [6, 6.07) is 0.275. The van der Waals surface area contributed by atoms with Gasteiger partial charge in [0.2, 0.25) is 0 Å². The van der Waals surface area contributed by atoms with Crippen LogP contribution in [0.5, 0.6) is 0 Å². The molecule has 2 aliphatic heterocycles. The van der Waals surface area contributed by atoms with Crippen LogP contribution in [0.3, 0.4) is 0 Å². The van der Waals surface area contributed by atoms with Gasteiger partial charge in [-0.1, -0.05) is 12.8 Å². The van der Waals surface area contributed by atoms with Crippen LogP contribution in [0.4, 0.5) is 4.79 Å². The summed E-state index contributed by atoms with van der Waals surface area (Å²) in [4.78, 5) is 41.7. The lowest BCUT2D eigenvalue weighted by atomic mass is 10.0. The third kappa shape index (κ3) is 6.64. The first-order chi connectivity index (χ1) is 10.8. The molecule has 2 aliphatic rings. The number of carboxylic acids is 1. The van der Waals surface area contributed by atoms with Gasteiger partial charge in [-0.05, 0) is 19.8 Å². The van der Waals surface area contributed by atoms with E-state index in [4.69, 9.17) is 10.3 Å². The lowest BCUT2D eigenvalue weighted by molar-refractivity contribution is -0.171. The monoisotopic (exact) mass is 329 g/mol. The second-order valence-corrected chi connectivity index (χ2v) is 5.61. The molecule has 0 aromatic heterocycles. The average Bonchev–Trinajstić information content (AvgIpc) is 2.95. The summed E-state index contributed by atoms with van der Waals surface area (Å²) in [6.45, 7) is 1.97. The van der Waals surface area contributed by atoms with Crippen LogP contribution in [-0.2, 0) is 14.4 Å². The zero-order valence-electron chi connectivity index (χ0n) is 13.1. The molecule has 0 aliphatic carbocycles. The molecule has 0 spiro atoms. The summed E-state index contributed by atoms with van der Waals surface area (Å²) in [5.41, 5.74) is 0. The van der Waals surface area contributed by atoms with E-state index in [2.05, 4.69) is 10.6 Å². The highest BCUT2D eigenvalue weighted by molar-refractivity contribution is 6.00. The molecule has 0 saturated carbocycles. The molecule has 4 N–H and O–H groups in total. The van der Waals surface area contributed by atoms with Crippen LogP contribution in [0.15, 0.2) is 0 Å². The Morgan fingerprint density at radius 1 is 1.13 bits per heavy atom. The van der Waals surface area contributed by atoms with Crippen molar-refractivity contribution in [3.63, 3.8) is 0 Å². The fourth-order valence-electron chi connectivity index (χ4n) is 2.35. The molecule has 0 aromatic carbocycles. The normalized spacial score (nSPS) is 23.2. The van der Waals surface area contributed by atoms with Gasteiger partial charge in [0.15, 0.2) is 0 Å². The summed E-state index contributed by atoms with van der Waals surface area (Å²) < 4.78 is 0. The Hall–Kier alpha value is -2.16. The topological polar surface area (TPSA) is 136 Å². The summed E-state index contributed by atoms with van der Waals surface area (Å²) in [7, 11) is 0. The molecule has 23 heavy (non-hydrogen) atoms. The first-order valence-electron chi connectivity index (χ1n) is 7.64. The van der Waals surface area contributed by atoms with E-state index in [9.17, 15) is 19.2 Å². The van der Waals surface area contributed by atoms with E-state index in [0.29, 0.717) is 0 Å². The van der Waals surface area contributed by atoms with Crippen LogP contribution >= 0.6 is 0 Å². The molecular formula is C14H23N3O6. The van der Waals surface area contributed by atoms with E-state index in [1.165, 1.54) is 0 Å². The van der Waals surface area contributed by atoms with Gasteiger partial charge in [-0.2, -0.15) is 5.06 Å². The van der Waals surface area contributed by atoms with Crippen LogP contribution in [0.2, 0.25) is 0 Å². The Bertz CT molecular complexity index is 451. The predicted octanol–water partition coefficient (Wildman–Crippen LogP) is 0.616. The van der Waals surface area contributed by atoms with Gasteiger partial charge in [0.1, 0.15) is 0 Å². The number of hydroxylamine groups is 2. The van der Waals surface area contributed by atoms with Crippen molar-refractivity contribution in [2.24, 2.45) is 0 Å². The first-order valence-corrected chi connectivity index (χ1v) is 7.64. The smallest absolute Gasteiger partial charge is 0.315 e. The molecule has 0 unspecified atom stereocenters. The van der Waals surface area contributed by atoms with Crippen molar-refractivity contribution >= 4 is 23.8 Å². The van der Waals surface area contributed by atoms with E-state index in [1.54, 1.807) is 0 Å². The molecule has 2 rings (SSSR count). The number of nitrogens with one attached hydrogen (secondary N) is 2. The first kappa shape index (κ1) is 18.9. The standard InChI is InChI=1S/C10H18N2O3.C4H5NO3/c1-7-8(12-10(15)11-7)5-3-2-4-6-9(13)14;6-3-1-2-4(7)5(3)8/h7-8H,2-6H2,1H3,(H,13,14)(H2,11,12,15);8H,1-2H2/t7-,8+;/m0./s1. The zero-order chi connectivity index (χ0) is 17.4. The fourth-order valence-corrected chi connectivity index (χ4v) is 2.35. The van der Waals surface area contributed by atoms with Gasteiger partial charge < -0.3 is 15.7 Å². The highest BCUT2D eigenvalue weighted by atomic mass is 16.5. The molecular weight excluding hydrogens is 306 g/mol. The Kier molecular flexibility index (Phi) is 7.46. The number of carbonyl (C=O) groups is 4. The fraction of sp³-hybridized carbons (Fsp3) is 0.714. The number of amides is 4. The van der Waals surface area contributed by atoms with Gasteiger partial charge in [0.05, 0.1) is 6.04 Å². The van der Waals surface area contributed by atoms with E-state index >= 15 is 0 Å². The minimum Gasteiger partial charge on any atom is -0.481 e. The number of unbranched alkanes of at least 4 members (excludes halogenated alkanes) is 2. The SMILES string of the molecule is C[C@@H]1NC(=O)N[C@@H]1CCCCCC(=O)O.O=C1CCC(=O)N1O.